The molecule has 186 valence electrons. The van der Waals surface area contributed by atoms with Gasteiger partial charge in [-0.2, -0.15) is 0 Å². The number of hydrogen-bond donors (Lipinski definition) is 2. The number of fused-ring (bicyclic) bond motifs is 3. The lowest BCUT2D eigenvalue weighted by Gasteiger charge is -2.40. The van der Waals surface area contributed by atoms with Gasteiger partial charge in [0.1, 0.15) is 25.1 Å². The van der Waals surface area contributed by atoms with Gasteiger partial charge in [-0.1, -0.05) is 6.07 Å². The van der Waals surface area contributed by atoms with Gasteiger partial charge in [0.05, 0.1) is 17.8 Å². The van der Waals surface area contributed by atoms with Gasteiger partial charge in [0, 0.05) is 29.9 Å². The molecular formula is C26H27FN6O3. The Balaban J connectivity index is 1.14. The van der Waals surface area contributed by atoms with E-state index >= 15 is 4.39 Å². The molecule has 0 amide bonds. The Morgan fingerprint density at radius 3 is 2.67 bits per heavy atom. The number of alkyl halides is 1. The van der Waals surface area contributed by atoms with Gasteiger partial charge in [0.15, 0.2) is 17.4 Å². The fraction of sp³-hybridized carbons (Fsp3) is 0.462. The van der Waals surface area contributed by atoms with Crippen LogP contribution in [0.3, 0.4) is 0 Å². The number of nitrogens with zero attached hydrogens (tertiary/aromatic N) is 5. The molecule has 0 radical (unpaired) electrons. The predicted molar refractivity (Wildman–Crippen MR) is 130 cm³/mol. The molecule has 0 spiro atoms. The number of pyridine rings is 1. The molecular weight excluding hydrogens is 463 g/mol. The molecule has 2 bridgehead atoms. The first-order valence-corrected chi connectivity index (χ1v) is 12.6. The minimum Gasteiger partial charge on any atom is -0.507 e. The van der Waals surface area contributed by atoms with Gasteiger partial charge in [-0.3, -0.25) is 0 Å². The van der Waals surface area contributed by atoms with E-state index in [4.69, 9.17) is 9.47 Å². The molecule has 7 rings (SSSR count). The summed E-state index contributed by atoms with van der Waals surface area (Å²) < 4.78 is 26.4. The monoisotopic (exact) mass is 490 g/mol. The van der Waals surface area contributed by atoms with Crippen LogP contribution in [0, 0.1) is 0 Å². The second-order valence-corrected chi connectivity index (χ2v) is 10.0. The third kappa shape index (κ3) is 3.80. The minimum atomic E-state index is -0.933. The number of hydrogen-bond acceptors (Lipinski definition) is 9. The summed E-state index contributed by atoms with van der Waals surface area (Å²) in [6, 6.07) is 7.51. The molecule has 4 aliphatic rings. The molecule has 3 fully saturated rings. The van der Waals surface area contributed by atoms with E-state index < -0.39 is 6.17 Å². The van der Waals surface area contributed by atoms with E-state index in [0.29, 0.717) is 54.1 Å². The number of ether oxygens (including phenoxy) is 2. The molecule has 2 aromatic heterocycles. The highest BCUT2D eigenvalue weighted by molar-refractivity contribution is 5.73. The maximum absolute atomic E-state index is 15.3. The first kappa shape index (κ1) is 21.7. The quantitative estimate of drug-likeness (QED) is 0.557. The van der Waals surface area contributed by atoms with Crippen molar-refractivity contribution in [3.63, 3.8) is 0 Å². The number of rotatable bonds is 5. The zero-order valence-electron chi connectivity index (χ0n) is 19.7. The molecule has 1 aliphatic carbocycles. The van der Waals surface area contributed by atoms with Crippen LogP contribution in [0.4, 0.5) is 10.2 Å². The van der Waals surface area contributed by atoms with Crippen molar-refractivity contribution in [2.24, 2.45) is 0 Å². The average Bonchev–Trinajstić information content (AvgIpc) is 3.66. The number of anilines is 1. The fourth-order valence-electron chi connectivity index (χ4n) is 5.73. The van der Waals surface area contributed by atoms with E-state index in [0.717, 1.165) is 43.2 Å². The second kappa shape index (κ2) is 8.55. The van der Waals surface area contributed by atoms with Crippen molar-refractivity contribution in [3.8, 4) is 39.9 Å². The van der Waals surface area contributed by atoms with Crippen LogP contribution in [-0.2, 0) is 0 Å². The van der Waals surface area contributed by atoms with Crippen LogP contribution < -0.4 is 19.7 Å². The number of aromatic hydroxyl groups is 1. The standard InChI is InChI=1S/C26H27FN6O3/c27-24-19-6-2-16(30-19)11-20(24)33(17-3-4-17)23-13-28-25(32-31-23)18-5-1-14(9-21(18)34)15-10-22-26(29-12-15)36-8-7-35-22/h1,5,9-10,12-13,16-17,19-20,24,30,34H,2-4,6-8,11H2/t16-,19-,20+,24-/m0/s1. The van der Waals surface area contributed by atoms with Crippen molar-refractivity contribution < 1.29 is 19.0 Å². The van der Waals surface area contributed by atoms with Gasteiger partial charge in [0.25, 0.3) is 5.88 Å². The van der Waals surface area contributed by atoms with Crippen molar-refractivity contribution >= 4 is 5.82 Å². The van der Waals surface area contributed by atoms with Crippen LogP contribution in [0.5, 0.6) is 17.4 Å². The molecule has 9 nitrogen and oxygen atoms in total. The lowest BCUT2D eigenvalue weighted by molar-refractivity contribution is 0.164. The SMILES string of the molecule is Oc1cc(-c2cnc3c(c2)OCCO3)ccc1-c1ncc(N(C2CC2)[C@@H]2C[C@@H]3CC[C@H](N3)[C@@H]2F)nn1. The molecule has 1 aromatic carbocycles. The van der Waals surface area contributed by atoms with Crippen LogP contribution in [0.2, 0.25) is 0 Å². The molecule has 1 saturated carbocycles. The number of phenols is 1. The maximum atomic E-state index is 15.3. The van der Waals surface area contributed by atoms with Crippen LogP contribution >= 0.6 is 0 Å². The smallest absolute Gasteiger partial charge is 0.257 e. The molecule has 2 N–H and O–H groups in total. The third-order valence-electron chi connectivity index (χ3n) is 7.64. The third-order valence-corrected chi connectivity index (χ3v) is 7.64. The van der Waals surface area contributed by atoms with Crippen molar-refractivity contribution in [1.82, 2.24) is 25.5 Å². The van der Waals surface area contributed by atoms with E-state index in [-0.39, 0.29) is 17.8 Å². The summed E-state index contributed by atoms with van der Waals surface area (Å²) in [6.45, 7) is 0.957. The number of nitrogens with one attached hydrogen (secondary N) is 1. The van der Waals surface area contributed by atoms with Crippen molar-refractivity contribution in [1.29, 1.82) is 0 Å². The number of phenolic OH excluding ortho intramolecular Hbond substituents is 1. The van der Waals surface area contributed by atoms with E-state index in [1.165, 1.54) is 0 Å². The molecule has 4 atom stereocenters. The van der Waals surface area contributed by atoms with Gasteiger partial charge in [-0.15, -0.1) is 10.2 Å². The summed E-state index contributed by atoms with van der Waals surface area (Å²) in [7, 11) is 0. The number of aromatic nitrogens is 4. The van der Waals surface area contributed by atoms with Crippen LogP contribution in [0.15, 0.2) is 36.7 Å². The summed E-state index contributed by atoms with van der Waals surface area (Å²) >= 11 is 0. The number of benzene rings is 1. The molecule has 3 aromatic rings. The normalized spacial score (nSPS) is 26.6. The van der Waals surface area contributed by atoms with E-state index in [1.807, 2.05) is 12.1 Å². The van der Waals surface area contributed by atoms with Crippen molar-refractivity contribution in [2.45, 2.75) is 62.4 Å². The first-order valence-electron chi connectivity index (χ1n) is 12.6. The van der Waals surface area contributed by atoms with E-state index in [9.17, 15) is 5.11 Å². The summed E-state index contributed by atoms with van der Waals surface area (Å²) in [5.41, 5.74) is 2.05. The van der Waals surface area contributed by atoms with Gasteiger partial charge in [0.2, 0.25) is 0 Å². The summed E-state index contributed by atoms with van der Waals surface area (Å²) in [5.74, 6) is 2.02. The minimum absolute atomic E-state index is 0.0368. The summed E-state index contributed by atoms with van der Waals surface area (Å²) in [6.07, 6.45) is 7.18. The highest BCUT2D eigenvalue weighted by Gasteiger charge is 2.48. The first-order chi connectivity index (χ1) is 17.6. The second-order valence-electron chi connectivity index (χ2n) is 10.0. The van der Waals surface area contributed by atoms with Gasteiger partial charge >= 0.3 is 0 Å². The fourth-order valence-corrected chi connectivity index (χ4v) is 5.73. The van der Waals surface area contributed by atoms with Gasteiger partial charge in [-0.25, -0.2) is 14.4 Å². The number of halogens is 1. The largest absolute Gasteiger partial charge is 0.507 e. The van der Waals surface area contributed by atoms with Crippen molar-refractivity contribution in [2.75, 3.05) is 18.1 Å². The maximum Gasteiger partial charge on any atom is 0.257 e. The molecule has 36 heavy (non-hydrogen) atoms. The molecule has 2 saturated heterocycles. The Morgan fingerprint density at radius 1 is 0.972 bits per heavy atom. The molecule has 3 aliphatic heterocycles. The lowest BCUT2D eigenvalue weighted by Crippen LogP contribution is -2.57. The Labute approximate surface area is 207 Å². The van der Waals surface area contributed by atoms with Crippen LogP contribution in [-0.4, -0.2) is 68.8 Å². The highest BCUT2D eigenvalue weighted by Crippen LogP contribution is 2.40. The van der Waals surface area contributed by atoms with Gasteiger partial charge in [-0.05, 0) is 55.9 Å². The molecule has 10 heteroatoms. The predicted octanol–water partition coefficient (Wildman–Crippen LogP) is 3.28. The van der Waals surface area contributed by atoms with E-state index in [1.54, 1.807) is 24.5 Å². The Morgan fingerprint density at radius 2 is 1.86 bits per heavy atom. The Bertz CT molecular complexity index is 1290. The topological polar surface area (TPSA) is 106 Å². The average molecular weight is 491 g/mol. The summed E-state index contributed by atoms with van der Waals surface area (Å²) in [4.78, 5) is 10.9. The Hall–Kier alpha value is -3.53. The Kier molecular flexibility index (Phi) is 5.16. The molecule has 5 heterocycles. The summed E-state index contributed by atoms with van der Waals surface area (Å²) in [5, 5.41) is 22.9. The number of piperidine rings is 1. The highest BCUT2D eigenvalue weighted by atomic mass is 19.1. The molecule has 0 unspecified atom stereocenters. The zero-order valence-corrected chi connectivity index (χ0v) is 19.7. The lowest BCUT2D eigenvalue weighted by atomic mass is 9.96. The van der Waals surface area contributed by atoms with E-state index in [2.05, 4.69) is 30.4 Å². The van der Waals surface area contributed by atoms with Crippen molar-refractivity contribution in [3.05, 3.63) is 36.7 Å². The van der Waals surface area contributed by atoms with Crippen LogP contribution in [0.25, 0.3) is 22.5 Å². The van der Waals surface area contributed by atoms with Gasteiger partial charge < -0.3 is 24.8 Å². The van der Waals surface area contributed by atoms with Crippen LogP contribution in [0.1, 0.15) is 32.1 Å². The zero-order chi connectivity index (χ0) is 24.2.